The van der Waals surface area contributed by atoms with E-state index in [4.69, 9.17) is 4.74 Å². The molecule has 0 fully saturated rings. The number of methoxy groups -OCH3 is 1. The molecule has 32 heavy (non-hydrogen) atoms. The fourth-order valence-electron chi connectivity index (χ4n) is 2.99. The summed E-state index contributed by atoms with van der Waals surface area (Å²) in [5.74, 6) is 0.895. The van der Waals surface area contributed by atoms with Crippen LogP contribution in [0.15, 0.2) is 64.6 Å². The summed E-state index contributed by atoms with van der Waals surface area (Å²) in [6, 6.07) is 8.03. The molecule has 0 atom stereocenters. The Bertz CT molecular complexity index is 856. The van der Waals surface area contributed by atoms with Crippen molar-refractivity contribution in [2.45, 2.75) is 73.1 Å². The molecule has 0 aliphatic carbocycles. The van der Waals surface area contributed by atoms with Crippen molar-refractivity contribution in [1.82, 2.24) is 5.32 Å². The third-order valence-electron chi connectivity index (χ3n) is 5.07. The summed E-state index contributed by atoms with van der Waals surface area (Å²) in [4.78, 5) is 13.4. The maximum absolute atomic E-state index is 12.2. The van der Waals surface area contributed by atoms with Crippen LogP contribution in [0.25, 0.3) is 0 Å². The van der Waals surface area contributed by atoms with Crippen LogP contribution in [-0.4, -0.2) is 19.6 Å². The zero-order valence-electron chi connectivity index (χ0n) is 20.8. The summed E-state index contributed by atoms with van der Waals surface area (Å²) in [5.41, 5.74) is 5.27. The molecule has 0 saturated carbocycles. The molecule has 1 N–H and O–H groups in total. The van der Waals surface area contributed by atoms with Crippen LogP contribution >= 0.6 is 11.3 Å². The second-order valence-electron chi connectivity index (χ2n) is 8.46. The van der Waals surface area contributed by atoms with Gasteiger partial charge < -0.3 is 10.1 Å². The molecule has 0 aliphatic rings. The van der Waals surface area contributed by atoms with E-state index < -0.39 is 0 Å². The molecule has 3 nitrogen and oxygen atoms in total. The molecular formula is C28H41NO2S. The average molecular weight is 456 g/mol. The molecule has 176 valence electrons. The molecule has 1 amide bonds. The molecule has 1 aromatic heterocycles. The Balaban J connectivity index is 2.42. The number of hydrogen-bond donors (Lipinski definition) is 1. The summed E-state index contributed by atoms with van der Waals surface area (Å²) < 4.78 is 5.35. The van der Waals surface area contributed by atoms with Crippen molar-refractivity contribution in [3.8, 4) is 5.75 Å². The highest BCUT2D eigenvalue weighted by Crippen LogP contribution is 2.13. The van der Waals surface area contributed by atoms with Crippen LogP contribution in [0.2, 0.25) is 0 Å². The Morgan fingerprint density at radius 3 is 2.31 bits per heavy atom. The van der Waals surface area contributed by atoms with Crippen molar-refractivity contribution < 1.29 is 9.53 Å². The molecule has 0 aromatic carbocycles. The minimum Gasteiger partial charge on any atom is -0.497 e. The summed E-state index contributed by atoms with van der Waals surface area (Å²) in [5, 5.41) is 5.17. The van der Waals surface area contributed by atoms with Crippen LogP contribution in [0, 0.1) is 6.92 Å². The lowest BCUT2D eigenvalue weighted by molar-refractivity contribution is -0.120. The number of aryl methyl sites for hydroxylation is 1. The Morgan fingerprint density at radius 1 is 0.969 bits per heavy atom. The van der Waals surface area contributed by atoms with Crippen LogP contribution in [-0.2, 0) is 11.2 Å². The lowest BCUT2D eigenvalue weighted by Gasteiger charge is -2.04. The van der Waals surface area contributed by atoms with Crippen molar-refractivity contribution in [1.29, 1.82) is 0 Å². The van der Waals surface area contributed by atoms with Gasteiger partial charge in [-0.05, 0) is 95.9 Å². The van der Waals surface area contributed by atoms with Gasteiger partial charge in [-0.3, -0.25) is 4.79 Å². The second kappa shape index (κ2) is 16.3. The number of rotatable bonds is 12. The number of allylic oxidation sites excluding steroid dienone is 5. The number of carbonyl (C=O) groups excluding carboxylic acids is 1. The van der Waals surface area contributed by atoms with Crippen LogP contribution in [0.4, 0.5) is 0 Å². The number of nitrogens with one attached hydrogen (secondary N) is 1. The molecule has 0 unspecified atom stereocenters. The fraction of sp³-hybridized carbons (Fsp3) is 0.464. The van der Waals surface area contributed by atoms with E-state index in [-0.39, 0.29) is 5.91 Å². The number of amides is 1. The standard InChI is InChI=1S/C28H41NO2S/c1-22(2)9-7-10-23(3)11-8-12-24(4)13-18-28(30)29-20-19-26-15-17-27(31-6)16-14-25(5)32-21-26/h9,11,13-17,21H,7-8,10,12,18-20H2,1-6H3,(H,29,30)/b17-15?,23-11+,24-13+,25-14?,26-21?,27-16?. The molecule has 4 heteroatoms. The second-order valence-corrected chi connectivity index (χ2v) is 9.57. The highest BCUT2D eigenvalue weighted by Gasteiger charge is 2.00. The molecule has 0 aliphatic heterocycles. The van der Waals surface area contributed by atoms with Gasteiger partial charge in [0.25, 0.3) is 0 Å². The minimum absolute atomic E-state index is 0.0756. The third kappa shape index (κ3) is 13.9. The van der Waals surface area contributed by atoms with Crippen LogP contribution in [0.3, 0.4) is 0 Å². The van der Waals surface area contributed by atoms with E-state index in [1.54, 1.807) is 18.4 Å². The molecule has 0 bridgehead atoms. The summed E-state index contributed by atoms with van der Waals surface area (Å²) >= 11 is 1.69. The quantitative estimate of drug-likeness (QED) is 0.329. The van der Waals surface area contributed by atoms with Gasteiger partial charge in [0, 0.05) is 17.8 Å². The Morgan fingerprint density at radius 2 is 1.62 bits per heavy atom. The lowest BCUT2D eigenvalue weighted by atomic mass is 10.1. The maximum atomic E-state index is 12.2. The highest BCUT2D eigenvalue weighted by atomic mass is 32.1. The lowest BCUT2D eigenvalue weighted by Crippen LogP contribution is -2.24. The Kier molecular flexibility index (Phi) is 14.1. The smallest absolute Gasteiger partial charge is 0.223 e. The van der Waals surface area contributed by atoms with Gasteiger partial charge in [0.05, 0.1) is 7.11 Å². The predicted molar refractivity (Wildman–Crippen MR) is 140 cm³/mol. The zero-order chi connectivity index (χ0) is 23.8. The van der Waals surface area contributed by atoms with E-state index in [0.29, 0.717) is 13.0 Å². The minimum atomic E-state index is 0.0756. The van der Waals surface area contributed by atoms with Gasteiger partial charge in [-0.1, -0.05) is 41.0 Å². The first-order valence-corrected chi connectivity index (χ1v) is 12.4. The van der Waals surface area contributed by atoms with Crippen molar-refractivity contribution in [3.05, 3.63) is 75.0 Å². The number of carbonyl (C=O) groups is 1. The first-order chi connectivity index (χ1) is 15.3. The van der Waals surface area contributed by atoms with E-state index in [1.807, 2.05) is 18.2 Å². The van der Waals surface area contributed by atoms with Gasteiger partial charge in [-0.25, -0.2) is 0 Å². The van der Waals surface area contributed by atoms with Crippen molar-refractivity contribution in [2.75, 3.05) is 13.7 Å². The fourth-order valence-corrected chi connectivity index (χ4v) is 3.67. The molecule has 1 heterocycles. The summed E-state index contributed by atoms with van der Waals surface area (Å²) in [7, 11) is 1.67. The molecule has 0 saturated heterocycles. The van der Waals surface area contributed by atoms with E-state index in [2.05, 4.69) is 69.6 Å². The highest BCUT2D eigenvalue weighted by molar-refractivity contribution is 7.09. The normalized spacial score (nSPS) is 11.6. The van der Waals surface area contributed by atoms with Gasteiger partial charge in [-0.2, -0.15) is 0 Å². The van der Waals surface area contributed by atoms with Crippen molar-refractivity contribution in [2.24, 2.45) is 0 Å². The van der Waals surface area contributed by atoms with Crippen LogP contribution in [0.5, 0.6) is 5.75 Å². The molecule has 1 aromatic rings. The SMILES string of the molecule is COc1ccc(CCNC(=O)C/C=C(\C)CC/C=C(\C)CCC=C(C)C)csc(C)cc1. The average Bonchev–Trinajstić information content (AvgIpc) is 2.83. The van der Waals surface area contributed by atoms with Gasteiger partial charge in [0.1, 0.15) is 5.75 Å². The first-order valence-electron chi connectivity index (χ1n) is 11.5. The van der Waals surface area contributed by atoms with Gasteiger partial charge in [-0.15, -0.1) is 11.3 Å². The first kappa shape index (κ1) is 27.7. The topological polar surface area (TPSA) is 38.3 Å². The van der Waals surface area contributed by atoms with E-state index >= 15 is 0 Å². The van der Waals surface area contributed by atoms with Crippen molar-refractivity contribution in [3.63, 3.8) is 0 Å². The van der Waals surface area contributed by atoms with Crippen molar-refractivity contribution >= 4 is 17.2 Å². The van der Waals surface area contributed by atoms with E-state index in [0.717, 1.165) is 37.9 Å². The van der Waals surface area contributed by atoms with E-state index in [9.17, 15) is 4.79 Å². The number of hydrogen-bond acceptors (Lipinski definition) is 3. The Labute approximate surface area is 199 Å². The maximum Gasteiger partial charge on any atom is 0.223 e. The van der Waals surface area contributed by atoms with Crippen LogP contribution in [0.1, 0.15) is 70.2 Å². The Hall–Kier alpha value is -2.33. The molecular weight excluding hydrogens is 414 g/mol. The number of ether oxygens (including phenoxy) is 1. The van der Waals surface area contributed by atoms with Gasteiger partial charge >= 0.3 is 0 Å². The molecule has 0 radical (unpaired) electrons. The monoisotopic (exact) mass is 455 g/mol. The van der Waals surface area contributed by atoms with Gasteiger partial charge in [0.2, 0.25) is 5.91 Å². The molecule has 0 spiro atoms. The summed E-state index contributed by atoms with van der Waals surface area (Å²) in [6.07, 6.45) is 12.2. The van der Waals surface area contributed by atoms with Gasteiger partial charge in [0.15, 0.2) is 0 Å². The van der Waals surface area contributed by atoms with Crippen LogP contribution < -0.4 is 10.1 Å². The third-order valence-corrected chi connectivity index (χ3v) is 6.00. The molecule has 1 rings (SSSR count). The van der Waals surface area contributed by atoms with E-state index in [1.165, 1.54) is 27.2 Å². The zero-order valence-corrected chi connectivity index (χ0v) is 21.6. The summed E-state index contributed by atoms with van der Waals surface area (Å²) in [6.45, 7) is 11.3. The predicted octanol–water partition coefficient (Wildman–Crippen LogP) is 7.66. The largest absolute Gasteiger partial charge is 0.497 e.